The number of carbonyl (C=O) groups excluding carboxylic acids is 1. The topological polar surface area (TPSA) is 75.0 Å². The second kappa shape index (κ2) is 9.23. The van der Waals surface area contributed by atoms with Gasteiger partial charge in [0.2, 0.25) is 0 Å². The van der Waals surface area contributed by atoms with Gasteiger partial charge in [0.05, 0.1) is 0 Å². The minimum absolute atomic E-state index is 0.0248. The van der Waals surface area contributed by atoms with E-state index in [1.165, 1.54) is 34.5 Å². The van der Waals surface area contributed by atoms with Crippen molar-refractivity contribution in [3.8, 4) is 17.2 Å². The average molecular weight is 413 g/mol. The normalized spacial score (nSPS) is 12.3. The quantitative estimate of drug-likeness (QED) is 0.575. The number of benzene rings is 2. The number of halogens is 1. The second-order valence-corrected chi connectivity index (χ2v) is 7.15. The molecular weight excluding hydrogens is 393 g/mol. The standard InChI is InChI=1S/C25H20FN3O2/c26-23-13-17(15-29-24(23)14-27)7-5-6-12-28-25(30)31-16-22-20-10-3-1-8-18(20)19-9-2-4-11-21(19)22/h1-5,7-11,13,15,22H,6,12,16H2,(H,28,30). The van der Waals surface area contributed by atoms with Gasteiger partial charge in [0.25, 0.3) is 0 Å². The van der Waals surface area contributed by atoms with E-state index in [9.17, 15) is 9.18 Å². The Morgan fingerprint density at radius 3 is 2.48 bits per heavy atom. The number of nitrogens with zero attached hydrogens (tertiary/aromatic N) is 2. The van der Waals surface area contributed by atoms with E-state index in [-0.39, 0.29) is 18.2 Å². The molecule has 1 N–H and O–H groups in total. The molecule has 1 aliphatic rings. The van der Waals surface area contributed by atoms with Gasteiger partial charge in [-0.1, -0.05) is 60.7 Å². The van der Waals surface area contributed by atoms with Crippen LogP contribution in [-0.4, -0.2) is 24.2 Å². The Bertz CT molecular complexity index is 1140. The van der Waals surface area contributed by atoms with Crippen LogP contribution in [0.3, 0.4) is 0 Å². The zero-order valence-corrected chi connectivity index (χ0v) is 16.7. The molecule has 1 amide bonds. The summed E-state index contributed by atoms with van der Waals surface area (Å²) in [6, 6.07) is 19.3. The van der Waals surface area contributed by atoms with Gasteiger partial charge in [-0.05, 0) is 40.3 Å². The molecule has 0 radical (unpaired) electrons. The summed E-state index contributed by atoms with van der Waals surface area (Å²) >= 11 is 0. The van der Waals surface area contributed by atoms with Gasteiger partial charge in [0, 0.05) is 18.7 Å². The summed E-state index contributed by atoms with van der Waals surface area (Å²) in [4.78, 5) is 15.9. The Morgan fingerprint density at radius 1 is 1.16 bits per heavy atom. The van der Waals surface area contributed by atoms with Crippen molar-refractivity contribution in [3.05, 3.63) is 95.1 Å². The van der Waals surface area contributed by atoms with Crippen LogP contribution in [0.2, 0.25) is 0 Å². The molecule has 3 aromatic rings. The summed E-state index contributed by atoms with van der Waals surface area (Å²) in [5.41, 5.74) is 5.04. The van der Waals surface area contributed by atoms with Gasteiger partial charge in [-0.25, -0.2) is 14.2 Å². The van der Waals surface area contributed by atoms with E-state index in [1.54, 1.807) is 18.2 Å². The molecular formula is C25H20FN3O2. The first-order valence-corrected chi connectivity index (χ1v) is 9.98. The molecule has 1 aromatic heterocycles. The van der Waals surface area contributed by atoms with Crippen LogP contribution >= 0.6 is 0 Å². The molecule has 0 spiro atoms. The number of hydrogen-bond donors (Lipinski definition) is 1. The monoisotopic (exact) mass is 413 g/mol. The molecule has 0 aliphatic heterocycles. The zero-order chi connectivity index (χ0) is 21.6. The Kier molecular flexibility index (Phi) is 6.04. The molecule has 0 saturated carbocycles. The summed E-state index contributed by atoms with van der Waals surface area (Å²) in [5, 5.41) is 11.4. The van der Waals surface area contributed by atoms with Gasteiger partial charge in [-0.2, -0.15) is 5.26 Å². The number of carbonyl (C=O) groups is 1. The maximum Gasteiger partial charge on any atom is 0.407 e. The van der Waals surface area contributed by atoms with Gasteiger partial charge in [0.1, 0.15) is 12.7 Å². The molecule has 0 atom stereocenters. The summed E-state index contributed by atoms with van der Waals surface area (Å²) < 4.78 is 19.0. The highest BCUT2D eigenvalue weighted by atomic mass is 19.1. The van der Waals surface area contributed by atoms with E-state index in [0.717, 1.165) is 0 Å². The first kappa shape index (κ1) is 20.3. The van der Waals surface area contributed by atoms with Crippen molar-refractivity contribution in [1.29, 1.82) is 5.26 Å². The molecule has 1 aliphatic carbocycles. The fraction of sp³-hybridized carbons (Fsp3) is 0.160. The minimum Gasteiger partial charge on any atom is -0.449 e. The Balaban J connectivity index is 1.27. The van der Waals surface area contributed by atoms with Crippen LogP contribution in [-0.2, 0) is 4.74 Å². The lowest BCUT2D eigenvalue weighted by Gasteiger charge is -2.14. The van der Waals surface area contributed by atoms with E-state index >= 15 is 0 Å². The predicted octanol–water partition coefficient (Wildman–Crippen LogP) is 5.03. The number of ether oxygens (including phenoxy) is 1. The number of alkyl carbamates (subject to hydrolysis) is 1. The van der Waals surface area contributed by atoms with Crippen LogP contribution in [0.1, 0.15) is 34.7 Å². The zero-order valence-electron chi connectivity index (χ0n) is 16.7. The maximum absolute atomic E-state index is 13.5. The molecule has 0 unspecified atom stereocenters. The lowest BCUT2D eigenvalue weighted by Crippen LogP contribution is -2.26. The Labute approximate surface area is 179 Å². The van der Waals surface area contributed by atoms with Gasteiger partial charge >= 0.3 is 6.09 Å². The molecule has 154 valence electrons. The molecule has 5 nitrogen and oxygen atoms in total. The Hall–Kier alpha value is -3.98. The first-order valence-electron chi connectivity index (χ1n) is 9.98. The largest absolute Gasteiger partial charge is 0.449 e. The molecule has 1 heterocycles. The molecule has 6 heteroatoms. The molecule has 0 saturated heterocycles. The third kappa shape index (κ3) is 4.46. The highest BCUT2D eigenvalue weighted by molar-refractivity contribution is 5.79. The van der Waals surface area contributed by atoms with Crippen molar-refractivity contribution >= 4 is 12.2 Å². The van der Waals surface area contributed by atoms with Gasteiger partial charge in [-0.3, -0.25) is 0 Å². The van der Waals surface area contributed by atoms with E-state index in [1.807, 2.05) is 24.3 Å². The van der Waals surface area contributed by atoms with Crippen LogP contribution in [0.15, 0.2) is 66.9 Å². The van der Waals surface area contributed by atoms with Crippen molar-refractivity contribution in [1.82, 2.24) is 10.3 Å². The number of rotatable bonds is 6. The highest BCUT2D eigenvalue weighted by Gasteiger charge is 2.28. The van der Waals surface area contributed by atoms with Gasteiger partial charge in [0.15, 0.2) is 11.5 Å². The van der Waals surface area contributed by atoms with Crippen molar-refractivity contribution < 1.29 is 13.9 Å². The number of nitrogens with one attached hydrogen (secondary N) is 1. The van der Waals surface area contributed by atoms with E-state index in [2.05, 4.69) is 34.6 Å². The van der Waals surface area contributed by atoms with Crippen molar-refractivity contribution in [2.24, 2.45) is 0 Å². The summed E-state index contributed by atoms with van der Waals surface area (Å²) in [7, 11) is 0. The maximum atomic E-state index is 13.5. The first-order chi connectivity index (χ1) is 15.2. The number of fused-ring (bicyclic) bond motifs is 3. The second-order valence-electron chi connectivity index (χ2n) is 7.15. The Morgan fingerprint density at radius 2 is 1.84 bits per heavy atom. The third-order valence-corrected chi connectivity index (χ3v) is 5.20. The number of nitriles is 1. The van der Waals surface area contributed by atoms with Crippen LogP contribution in [0.4, 0.5) is 9.18 Å². The van der Waals surface area contributed by atoms with E-state index in [4.69, 9.17) is 10.00 Å². The van der Waals surface area contributed by atoms with Crippen LogP contribution in [0.25, 0.3) is 17.2 Å². The van der Waals surface area contributed by atoms with Gasteiger partial charge < -0.3 is 10.1 Å². The lowest BCUT2D eigenvalue weighted by molar-refractivity contribution is 0.143. The lowest BCUT2D eigenvalue weighted by atomic mass is 9.98. The minimum atomic E-state index is -0.651. The predicted molar refractivity (Wildman–Crippen MR) is 116 cm³/mol. The van der Waals surface area contributed by atoms with Gasteiger partial charge in [-0.15, -0.1) is 0 Å². The molecule has 31 heavy (non-hydrogen) atoms. The average Bonchev–Trinajstić information content (AvgIpc) is 3.11. The van der Waals surface area contributed by atoms with E-state index in [0.29, 0.717) is 18.5 Å². The number of hydrogen-bond acceptors (Lipinski definition) is 4. The summed E-state index contributed by atoms with van der Waals surface area (Å²) in [6.45, 7) is 0.658. The highest BCUT2D eigenvalue weighted by Crippen LogP contribution is 2.44. The summed E-state index contributed by atoms with van der Waals surface area (Å²) in [5.74, 6) is -0.627. The van der Waals surface area contributed by atoms with Crippen LogP contribution in [0.5, 0.6) is 0 Å². The molecule has 0 fully saturated rings. The smallest absolute Gasteiger partial charge is 0.407 e. The molecule has 4 rings (SSSR count). The molecule has 2 aromatic carbocycles. The summed E-state index contributed by atoms with van der Waals surface area (Å²) in [6.07, 6.45) is 4.99. The SMILES string of the molecule is N#Cc1ncc(C=CCCNC(=O)OCC2c3ccccc3-c3ccccc32)cc1F. The number of pyridine rings is 1. The van der Waals surface area contributed by atoms with Crippen LogP contribution < -0.4 is 5.32 Å². The van der Waals surface area contributed by atoms with Crippen molar-refractivity contribution in [2.75, 3.05) is 13.2 Å². The van der Waals surface area contributed by atoms with Crippen molar-refractivity contribution in [2.45, 2.75) is 12.3 Å². The van der Waals surface area contributed by atoms with E-state index < -0.39 is 11.9 Å². The van der Waals surface area contributed by atoms with Crippen LogP contribution in [0, 0.1) is 17.1 Å². The number of amides is 1. The third-order valence-electron chi connectivity index (χ3n) is 5.20. The molecule has 0 bridgehead atoms. The number of aromatic nitrogens is 1. The fourth-order valence-electron chi connectivity index (χ4n) is 3.75. The fourth-order valence-corrected chi connectivity index (χ4v) is 3.75. The van der Waals surface area contributed by atoms with Crippen molar-refractivity contribution in [3.63, 3.8) is 0 Å².